The molecule has 0 aromatic heterocycles. The maximum Gasteiger partial charge on any atom is 0.0484 e. The molecule has 0 aliphatic rings. The van der Waals surface area contributed by atoms with Crippen LogP contribution >= 0.6 is 11.6 Å². The highest BCUT2D eigenvalue weighted by atomic mass is 35.5. The first-order valence-corrected chi connectivity index (χ1v) is 10.9. The second-order valence-corrected chi connectivity index (χ2v) is 8.53. The number of hydrogen-bond acceptors (Lipinski definition) is 0. The van der Waals surface area contributed by atoms with Gasteiger partial charge in [-0.3, -0.25) is 0 Å². The van der Waals surface area contributed by atoms with Crippen LogP contribution in [0.5, 0.6) is 0 Å². The van der Waals surface area contributed by atoms with Crippen LogP contribution in [0.25, 0.3) is 0 Å². The van der Waals surface area contributed by atoms with E-state index in [1.807, 2.05) is 12.2 Å². The van der Waals surface area contributed by atoms with Crippen LogP contribution in [0.3, 0.4) is 0 Å². The lowest BCUT2D eigenvalue weighted by atomic mass is 9.83. The summed E-state index contributed by atoms with van der Waals surface area (Å²) in [4.78, 5) is -0.159. The molecule has 0 N–H and O–H groups in total. The van der Waals surface area contributed by atoms with Crippen LogP contribution in [0.15, 0.2) is 25.3 Å². The van der Waals surface area contributed by atoms with Crippen molar-refractivity contribution >= 4 is 11.6 Å². The number of hydrogen-bond donors (Lipinski definition) is 0. The van der Waals surface area contributed by atoms with Crippen LogP contribution in [0.2, 0.25) is 0 Å². The van der Waals surface area contributed by atoms with Gasteiger partial charge in [0.25, 0.3) is 0 Å². The summed E-state index contributed by atoms with van der Waals surface area (Å²) in [6.07, 6.45) is 23.9. The van der Waals surface area contributed by atoms with Gasteiger partial charge < -0.3 is 0 Å². The average molecular weight is 355 g/mol. The minimum atomic E-state index is -0.159. The monoisotopic (exact) mass is 354 g/mol. The Hall–Kier alpha value is -0.230. The van der Waals surface area contributed by atoms with E-state index in [1.165, 1.54) is 83.5 Å². The molecule has 0 heterocycles. The van der Waals surface area contributed by atoms with Crippen LogP contribution in [0.4, 0.5) is 0 Å². The van der Waals surface area contributed by atoms with E-state index >= 15 is 0 Å². The van der Waals surface area contributed by atoms with E-state index in [4.69, 9.17) is 11.6 Å². The largest absolute Gasteiger partial charge is 0.119 e. The third kappa shape index (κ3) is 13.1. The van der Waals surface area contributed by atoms with Crippen LogP contribution in [-0.2, 0) is 0 Å². The molecule has 0 rings (SSSR count). The fraction of sp³-hybridized carbons (Fsp3) is 0.826. The quantitative estimate of drug-likeness (QED) is 0.131. The van der Waals surface area contributed by atoms with Crippen LogP contribution in [0, 0.1) is 5.92 Å². The van der Waals surface area contributed by atoms with E-state index < -0.39 is 0 Å². The lowest BCUT2D eigenvalue weighted by molar-refractivity contribution is 0.355. The predicted molar refractivity (Wildman–Crippen MR) is 113 cm³/mol. The fourth-order valence-corrected chi connectivity index (χ4v) is 3.85. The minimum absolute atomic E-state index is 0.159. The SMILES string of the molecule is C=CCC(CCCCCCCCCCCCCC)C(C)(Cl)CC=C. The van der Waals surface area contributed by atoms with Crippen LogP contribution < -0.4 is 0 Å². The molecule has 0 aliphatic carbocycles. The Balaban J connectivity index is 3.58. The minimum Gasteiger partial charge on any atom is -0.119 e. The molecule has 0 nitrogen and oxygen atoms in total. The first-order valence-electron chi connectivity index (χ1n) is 10.5. The van der Waals surface area contributed by atoms with E-state index in [0.717, 1.165) is 12.8 Å². The normalized spacial score (nSPS) is 15.0. The zero-order valence-electron chi connectivity index (χ0n) is 16.6. The maximum atomic E-state index is 6.70. The smallest absolute Gasteiger partial charge is 0.0484 e. The van der Waals surface area contributed by atoms with Gasteiger partial charge >= 0.3 is 0 Å². The third-order valence-corrected chi connectivity index (χ3v) is 5.71. The summed E-state index contributed by atoms with van der Waals surface area (Å²) in [7, 11) is 0. The van der Waals surface area contributed by atoms with Crippen molar-refractivity contribution in [1.82, 2.24) is 0 Å². The standard InChI is InChI=1S/C23H43Cl/c1-5-8-9-10-11-12-13-14-15-16-17-18-20-22(19-6-2)23(4,24)21-7-3/h6-7,22H,2-3,5,8-21H2,1,4H3. The molecule has 0 radical (unpaired) electrons. The summed E-state index contributed by atoms with van der Waals surface area (Å²) < 4.78 is 0. The number of allylic oxidation sites excluding steroid dienone is 2. The molecule has 0 saturated carbocycles. The topological polar surface area (TPSA) is 0 Å². The van der Waals surface area contributed by atoms with E-state index in [0.29, 0.717) is 5.92 Å². The number of halogens is 1. The lowest BCUT2D eigenvalue weighted by Gasteiger charge is -2.30. The van der Waals surface area contributed by atoms with Gasteiger partial charge in [-0.15, -0.1) is 24.8 Å². The predicted octanol–water partition coefficient (Wildman–Crippen LogP) is 8.84. The Morgan fingerprint density at radius 1 is 0.792 bits per heavy atom. The Labute approximate surface area is 158 Å². The van der Waals surface area contributed by atoms with Gasteiger partial charge in [-0.05, 0) is 32.1 Å². The molecule has 0 fully saturated rings. The molecular formula is C23H43Cl. The summed E-state index contributed by atoms with van der Waals surface area (Å²) in [5.41, 5.74) is 0. The van der Waals surface area contributed by atoms with Gasteiger partial charge in [0.1, 0.15) is 0 Å². The molecule has 2 unspecified atom stereocenters. The second kappa shape index (κ2) is 16.2. The van der Waals surface area contributed by atoms with E-state index in [-0.39, 0.29) is 4.87 Å². The third-order valence-electron chi connectivity index (χ3n) is 5.25. The summed E-state index contributed by atoms with van der Waals surface area (Å²) in [6, 6.07) is 0. The van der Waals surface area contributed by atoms with Crippen molar-refractivity contribution in [3.63, 3.8) is 0 Å². The highest BCUT2D eigenvalue weighted by molar-refractivity contribution is 6.24. The molecular weight excluding hydrogens is 312 g/mol. The van der Waals surface area contributed by atoms with Gasteiger partial charge in [0.15, 0.2) is 0 Å². The van der Waals surface area contributed by atoms with Gasteiger partial charge in [0.05, 0.1) is 0 Å². The maximum absolute atomic E-state index is 6.70. The van der Waals surface area contributed by atoms with Crippen LogP contribution in [-0.4, -0.2) is 4.87 Å². The second-order valence-electron chi connectivity index (χ2n) is 7.67. The van der Waals surface area contributed by atoms with E-state index in [9.17, 15) is 0 Å². The molecule has 0 bridgehead atoms. The molecule has 142 valence electrons. The highest BCUT2D eigenvalue weighted by Crippen LogP contribution is 2.35. The van der Waals surface area contributed by atoms with Crippen molar-refractivity contribution in [1.29, 1.82) is 0 Å². The van der Waals surface area contributed by atoms with Crippen molar-refractivity contribution in [3.8, 4) is 0 Å². The van der Waals surface area contributed by atoms with Crippen molar-refractivity contribution in [2.45, 2.75) is 115 Å². The molecule has 1 heteroatoms. The Bertz CT molecular complexity index is 292. The zero-order chi connectivity index (χ0) is 18.1. The van der Waals surface area contributed by atoms with Gasteiger partial charge in [-0.2, -0.15) is 0 Å². The van der Waals surface area contributed by atoms with Gasteiger partial charge in [0.2, 0.25) is 0 Å². The summed E-state index contributed by atoms with van der Waals surface area (Å²) in [5.74, 6) is 0.526. The fourth-order valence-electron chi connectivity index (χ4n) is 3.55. The molecule has 0 spiro atoms. The van der Waals surface area contributed by atoms with Gasteiger partial charge in [-0.25, -0.2) is 0 Å². The molecule has 24 heavy (non-hydrogen) atoms. The Morgan fingerprint density at radius 3 is 1.67 bits per heavy atom. The molecule has 0 saturated heterocycles. The van der Waals surface area contributed by atoms with E-state index in [1.54, 1.807) is 0 Å². The summed E-state index contributed by atoms with van der Waals surface area (Å²) in [6.45, 7) is 12.2. The lowest BCUT2D eigenvalue weighted by Crippen LogP contribution is -2.27. The van der Waals surface area contributed by atoms with Gasteiger partial charge in [0, 0.05) is 4.87 Å². The molecule has 0 amide bonds. The number of unbranched alkanes of at least 4 members (excludes halogenated alkanes) is 11. The van der Waals surface area contributed by atoms with Crippen molar-refractivity contribution in [2.75, 3.05) is 0 Å². The molecule has 0 aromatic carbocycles. The number of rotatable bonds is 18. The first-order chi connectivity index (χ1) is 11.6. The average Bonchev–Trinajstić information content (AvgIpc) is 2.54. The van der Waals surface area contributed by atoms with Crippen molar-refractivity contribution in [3.05, 3.63) is 25.3 Å². The Morgan fingerprint density at radius 2 is 1.25 bits per heavy atom. The summed E-state index contributed by atoms with van der Waals surface area (Å²) in [5, 5.41) is 0. The van der Waals surface area contributed by atoms with E-state index in [2.05, 4.69) is 27.0 Å². The van der Waals surface area contributed by atoms with Gasteiger partial charge in [-0.1, -0.05) is 96.1 Å². The Kier molecular flexibility index (Phi) is 16.1. The molecule has 2 atom stereocenters. The first kappa shape index (κ1) is 23.8. The van der Waals surface area contributed by atoms with Crippen LogP contribution in [0.1, 0.15) is 110 Å². The molecule has 0 aromatic rings. The highest BCUT2D eigenvalue weighted by Gasteiger charge is 2.29. The zero-order valence-corrected chi connectivity index (χ0v) is 17.4. The summed E-state index contributed by atoms with van der Waals surface area (Å²) >= 11 is 6.70. The van der Waals surface area contributed by atoms with Crippen molar-refractivity contribution < 1.29 is 0 Å². The van der Waals surface area contributed by atoms with Crippen molar-refractivity contribution in [2.24, 2.45) is 5.92 Å². The molecule has 0 aliphatic heterocycles. The number of alkyl halides is 1.